The number of benzene rings is 3. The summed E-state index contributed by atoms with van der Waals surface area (Å²) in [6.45, 7) is 3.78. The van der Waals surface area contributed by atoms with Gasteiger partial charge in [0.2, 0.25) is 6.43 Å². The predicted octanol–water partition coefficient (Wildman–Crippen LogP) is 5.99. The highest BCUT2D eigenvalue weighted by molar-refractivity contribution is 6.27. The maximum absolute atomic E-state index is 13.6. The number of hydrogen-bond donors (Lipinski definition) is 2. The van der Waals surface area contributed by atoms with Gasteiger partial charge in [-0.2, -0.15) is 13.2 Å². The first-order valence-electron chi connectivity index (χ1n) is 9.47. The van der Waals surface area contributed by atoms with E-state index in [4.69, 9.17) is 11.1 Å². The standard InChI is InChI=1S/C23H18F5N3/c1-10-3-13-9-17-20(22(30)31-21(17)29)19(16(13)4-11(10)2)14-5-12(7-18(24)25)6-15(8-14)23(26,27)28/h3-6,8-9,18H,7H2,1-2H3,(H3,29,30,31). The number of amidine groups is 2. The second-order valence-electron chi connectivity index (χ2n) is 7.69. The molecule has 0 unspecified atom stereocenters. The number of aliphatic imine (C=N–C) groups is 1. The Morgan fingerprint density at radius 1 is 0.968 bits per heavy atom. The van der Waals surface area contributed by atoms with Crippen molar-refractivity contribution in [3.63, 3.8) is 0 Å². The third kappa shape index (κ3) is 3.66. The van der Waals surface area contributed by atoms with Crippen LogP contribution in [-0.4, -0.2) is 18.1 Å². The lowest BCUT2D eigenvalue weighted by Crippen LogP contribution is -2.13. The van der Waals surface area contributed by atoms with Gasteiger partial charge in [-0.25, -0.2) is 13.8 Å². The number of alkyl halides is 5. The predicted molar refractivity (Wildman–Crippen MR) is 111 cm³/mol. The Morgan fingerprint density at radius 3 is 2.29 bits per heavy atom. The van der Waals surface area contributed by atoms with Gasteiger partial charge in [-0.3, -0.25) is 5.41 Å². The molecule has 0 aliphatic carbocycles. The number of hydrogen-bond acceptors (Lipinski definition) is 2. The van der Waals surface area contributed by atoms with Crippen molar-refractivity contribution in [1.29, 1.82) is 5.41 Å². The van der Waals surface area contributed by atoms with Crippen LogP contribution in [0, 0.1) is 19.3 Å². The summed E-state index contributed by atoms with van der Waals surface area (Å²) in [4.78, 5) is 3.99. The molecular weight excluding hydrogens is 413 g/mol. The average Bonchev–Trinajstić information content (AvgIpc) is 2.93. The van der Waals surface area contributed by atoms with Crippen molar-refractivity contribution in [2.45, 2.75) is 32.9 Å². The summed E-state index contributed by atoms with van der Waals surface area (Å²) >= 11 is 0. The third-order valence-electron chi connectivity index (χ3n) is 5.50. The van der Waals surface area contributed by atoms with E-state index in [-0.39, 0.29) is 22.8 Å². The topological polar surface area (TPSA) is 62.2 Å². The van der Waals surface area contributed by atoms with Gasteiger partial charge in [-0.05, 0) is 65.1 Å². The molecular formula is C23H18F5N3. The number of fused-ring (bicyclic) bond motifs is 2. The molecule has 0 spiro atoms. The number of aryl methyl sites for hydroxylation is 2. The fraction of sp³-hybridized carbons (Fsp3) is 0.217. The number of rotatable bonds is 3. The Balaban J connectivity index is 2.13. The van der Waals surface area contributed by atoms with Gasteiger partial charge in [0.25, 0.3) is 0 Å². The van der Waals surface area contributed by atoms with Gasteiger partial charge in [0, 0.05) is 23.1 Å². The summed E-state index contributed by atoms with van der Waals surface area (Å²) in [5.41, 5.74) is 8.01. The summed E-state index contributed by atoms with van der Waals surface area (Å²) in [5, 5.41) is 9.45. The van der Waals surface area contributed by atoms with Crippen molar-refractivity contribution in [2.75, 3.05) is 0 Å². The zero-order valence-corrected chi connectivity index (χ0v) is 16.7. The van der Waals surface area contributed by atoms with Crippen molar-refractivity contribution < 1.29 is 22.0 Å². The molecule has 3 N–H and O–H groups in total. The van der Waals surface area contributed by atoms with Crippen LogP contribution in [0.15, 0.2) is 41.4 Å². The van der Waals surface area contributed by atoms with Gasteiger partial charge in [0.05, 0.1) is 5.56 Å². The molecule has 8 heteroatoms. The van der Waals surface area contributed by atoms with Gasteiger partial charge in [-0.1, -0.05) is 18.2 Å². The molecule has 1 aliphatic rings. The molecule has 0 saturated heterocycles. The summed E-state index contributed by atoms with van der Waals surface area (Å²) in [6, 6.07) is 8.47. The van der Waals surface area contributed by atoms with E-state index in [0.717, 1.165) is 23.3 Å². The van der Waals surface area contributed by atoms with E-state index in [1.165, 1.54) is 6.07 Å². The molecule has 1 heterocycles. The molecule has 0 amide bonds. The van der Waals surface area contributed by atoms with Crippen LogP contribution in [0.4, 0.5) is 22.0 Å². The third-order valence-corrected chi connectivity index (χ3v) is 5.50. The second kappa shape index (κ2) is 7.14. The van der Waals surface area contributed by atoms with E-state index < -0.39 is 24.6 Å². The molecule has 31 heavy (non-hydrogen) atoms. The van der Waals surface area contributed by atoms with E-state index in [0.29, 0.717) is 27.5 Å². The lowest BCUT2D eigenvalue weighted by atomic mass is 9.86. The SMILES string of the molecule is Cc1cc2cc3c(c(-c4cc(CC(F)F)cc(C(F)(F)F)c4)c2cc1C)C(N)=NC3=N. The monoisotopic (exact) mass is 431 g/mol. The van der Waals surface area contributed by atoms with Crippen molar-refractivity contribution in [1.82, 2.24) is 0 Å². The minimum Gasteiger partial charge on any atom is -0.383 e. The lowest BCUT2D eigenvalue weighted by molar-refractivity contribution is -0.137. The second-order valence-corrected chi connectivity index (χ2v) is 7.69. The van der Waals surface area contributed by atoms with Gasteiger partial charge < -0.3 is 5.73 Å². The fourth-order valence-electron chi connectivity index (χ4n) is 3.96. The van der Waals surface area contributed by atoms with Gasteiger partial charge >= 0.3 is 6.18 Å². The highest BCUT2D eigenvalue weighted by atomic mass is 19.4. The van der Waals surface area contributed by atoms with E-state index >= 15 is 0 Å². The minimum atomic E-state index is -4.71. The normalized spacial score (nSPS) is 13.8. The van der Waals surface area contributed by atoms with Crippen molar-refractivity contribution in [3.8, 4) is 11.1 Å². The van der Waals surface area contributed by atoms with Crippen molar-refractivity contribution in [3.05, 3.63) is 69.8 Å². The number of nitrogens with one attached hydrogen (secondary N) is 1. The molecule has 0 atom stereocenters. The molecule has 0 radical (unpaired) electrons. The smallest absolute Gasteiger partial charge is 0.383 e. The van der Waals surface area contributed by atoms with Crippen molar-refractivity contribution >= 4 is 22.4 Å². The van der Waals surface area contributed by atoms with Gasteiger partial charge in [0.15, 0.2) is 5.84 Å². The van der Waals surface area contributed by atoms with Gasteiger partial charge in [0.1, 0.15) is 5.84 Å². The summed E-state index contributed by atoms with van der Waals surface area (Å²) in [6.07, 6.45) is -8.31. The zero-order chi connectivity index (χ0) is 22.7. The fourth-order valence-corrected chi connectivity index (χ4v) is 3.96. The first-order chi connectivity index (χ1) is 14.5. The van der Waals surface area contributed by atoms with Crippen LogP contribution >= 0.6 is 0 Å². The molecule has 0 aromatic heterocycles. The van der Waals surface area contributed by atoms with Crippen LogP contribution < -0.4 is 5.73 Å². The van der Waals surface area contributed by atoms with Crippen LogP contribution in [0.2, 0.25) is 0 Å². The van der Waals surface area contributed by atoms with Crippen molar-refractivity contribution in [2.24, 2.45) is 10.7 Å². The largest absolute Gasteiger partial charge is 0.416 e. The van der Waals surface area contributed by atoms with Crippen LogP contribution in [0.1, 0.15) is 33.4 Å². The highest BCUT2D eigenvalue weighted by Gasteiger charge is 2.33. The Morgan fingerprint density at radius 2 is 1.65 bits per heavy atom. The minimum absolute atomic E-state index is 0.0166. The van der Waals surface area contributed by atoms with Crippen LogP contribution in [-0.2, 0) is 12.6 Å². The summed E-state index contributed by atoms with van der Waals surface area (Å²) in [7, 11) is 0. The Kier molecular flexibility index (Phi) is 4.83. The molecule has 3 aromatic carbocycles. The van der Waals surface area contributed by atoms with E-state index in [2.05, 4.69) is 4.99 Å². The molecule has 0 fully saturated rings. The highest BCUT2D eigenvalue weighted by Crippen LogP contribution is 2.41. The van der Waals surface area contributed by atoms with Crippen LogP contribution in [0.25, 0.3) is 21.9 Å². The number of nitrogens with zero attached hydrogens (tertiary/aromatic N) is 1. The Labute approximate surface area is 174 Å². The quantitative estimate of drug-likeness (QED) is 0.492. The zero-order valence-electron chi connectivity index (χ0n) is 16.7. The molecule has 3 aromatic rings. The van der Waals surface area contributed by atoms with E-state index in [1.54, 1.807) is 6.07 Å². The Hall–Kier alpha value is -3.29. The maximum Gasteiger partial charge on any atom is 0.416 e. The van der Waals surface area contributed by atoms with E-state index in [9.17, 15) is 22.0 Å². The summed E-state index contributed by atoms with van der Waals surface area (Å²) in [5.74, 6) is -0.0726. The molecule has 4 rings (SSSR count). The Bertz CT molecular complexity index is 1270. The first-order valence-corrected chi connectivity index (χ1v) is 9.47. The number of nitrogens with two attached hydrogens (primary N) is 1. The van der Waals surface area contributed by atoms with Crippen LogP contribution in [0.5, 0.6) is 0 Å². The first kappa shape index (κ1) is 21.0. The molecule has 0 bridgehead atoms. The molecule has 0 saturated carbocycles. The summed E-state index contributed by atoms with van der Waals surface area (Å²) < 4.78 is 66.8. The molecule has 160 valence electrons. The number of halogens is 5. The van der Waals surface area contributed by atoms with Crippen LogP contribution in [0.3, 0.4) is 0 Å². The maximum atomic E-state index is 13.6. The lowest BCUT2D eigenvalue weighted by Gasteiger charge is -2.18. The molecule has 1 aliphatic heterocycles. The molecule has 3 nitrogen and oxygen atoms in total. The average molecular weight is 431 g/mol. The van der Waals surface area contributed by atoms with Gasteiger partial charge in [-0.15, -0.1) is 0 Å². The van der Waals surface area contributed by atoms with E-state index in [1.807, 2.05) is 26.0 Å².